The lowest BCUT2D eigenvalue weighted by Gasteiger charge is -2.33. The number of amides is 1. The lowest BCUT2D eigenvalue weighted by molar-refractivity contribution is 0.0180. The maximum atomic E-state index is 12.2. The molecule has 0 N–H and O–H groups in total. The van der Waals surface area contributed by atoms with Crippen LogP contribution >= 0.6 is 0 Å². The zero-order valence-corrected chi connectivity index (χ0v) is 21.2. The topological polar surface area (TPSA) is 106 Å². The second-order valence-electron chi connectivity index (χ2n) is 10.3. The van der Waals surface area contributed by atoms with Crippen LogP contribution in [-0.4, -0.2) is 65.3 Å². The molecule has 186 valence electrons. The number of carbonyl (C=O) groups excluding carboxylic acids is 1. The Morgan fingerprint density at radius 2 is 1.91 bits per heavy atom. The lowest BCUT2D eigenvalue weighted by atomic mass is 9.92. The van der Waals surface area contributed by atoms with Gasteiger partial charge in [-0.2, -0.15) is 9.29 Å². The van der Waals surface area contributed by atoms with Gasteiger partial charge in [0.05, 0.1) is 6.26 Å². The van der Waals surface area contributed by atoms with Gasteiger partial charge in [0, 0.05) is 38.2 Å². The van der Waals surface area contributed by atoms with Crippen LogP contribution in [0.5, 0.6) is 0 Å². The van der Waals surface area contributed by atoms with Crippen molar-refractivity contribution >= 4 is 16.1 Å². The first kappa shape index (κ1) is 24.7. The van der Waals surface area contributed by atoms with Crippen LogP contribution < -0.4 is 0 Å². The molecule has 4 rings (SSSR count). The molecule has 3 heterocycles. The minimum atomic E-state index is -3.19. The van der Waals surface area contributed by atoms with E-state index < -0.39 is 15.6 Å². The van der Waals surface area contributed by atoms with Crippen LogP contribution in [0.2, 0.25) is 0 Å². The molecule has 0 saturated carbocycles. The average molecular weight is 491 g/mol. The largest absolute Gasteiger partial charge is 0.444 e. The Bertz CT molecular complexity index is 1130. The summed E-state index contributed by atoms with van der Waals surface area (Å²) < 4.78 is 36.1. The van der Waals surface area contributed by atoms with Crippen LogP contribution in [0, 0.1) is 5.92 Å². The van der Waals surface area contributed by atoms with Crippen molar-refractivity contribution in [3.8, 4) is 11.4 Å². The quantitative estimate of drug-likeness (QED) is 0.630. The van der Waals surface area contributed by atoms with E-state index in [4.69, 9.17) is 9.26 Å². The Hall–Kier alpha value is -2.46. The van der Waals surface area contributed by atoms with Crippen LogP contribution in [0.25, 0.3) is 11.4 Å². The first-order chi connectivity index (χ1) is 16.0. The number of rotatable bonds is 5. The Morgan fingerprint density at radius 1 is 1.18 bits per heavy atom. The first-order valence-corrected chi connectivity index (χ1v) is 13.7. The summed E-state index contributed by atoms with van der Waals surface area (Å²) in [6, 6.07) is 5.91. The Labute approximate surface area is 201 Å². The number of benzene rings is 1. The van der Waals surface area contributed by atoms with Crippen LogP contribution in [0.15, 0.2) is 22.7 Å². The van der Waals surface area contributed by atoms with Crippen LogP contribution in [0.1, 0.15) is 57.1 Å². The van der Waals surface area contributed by atoms with E-state index in [9.17, 15) is 13.2 Å². The maximum absolute atomic E-state index is 12.2. The van der Waals surface area contributed by atoms with Crippen molar-refractivity contribution in [2.24, 2.45) is 5.92 Å². The fourth-order valence-electron chi connectivity index (χ4n) is 4.48. The third kappa shape index (κ3) is 6.15. The molecule has 2 aromatic rings. The summed E-state index contributed by atoms with van der Waals surface area (Å²) in [6.45, 7) is 7.95. The zero-order chi connectivity index (χ0) is 24.5. The summed E-state index contributed by atoms with van der Waals surface area (Å²) in [5.74, 6) is 1.68. The second-order valence-corrected chi connectivity index (χ2v) is 12.3. The van der Waals surface area contributed by atoms with Gasteiger partial charge in [-0.15, -0.1) is 0 Å². The predicted octanol–water partition coefficient (Wildman–Crippen LogP) is 3.63. The highest BCUT2D eigenvalue weighted by Crippen LogP contribution is 2.27. The van der Waals surface area contributed by atoms with Crippen LogP contribution in [-0.2, 0) is 34.1 Å². The minimum Gasteiger partial charge on any atom is -0.444 e. The number of aryl methyl sites for hydroxylation is 1. The van der Waals surface area contributed by atoms with Gasteiger partial charge in [0.15, 0.2) is 0 Å². The Kier molecular flexibility index (Phi) is 7.00. The van der Waals surface area contributed by atoms with E-state index in [0.717, 1.165) is 36.0 Å². The molecule has 10 heteroatoms. The molecular formula is C24H34N4O5S. The number of sulfonamides is 1. The molecule has 2 aliphatic heterocycles. The van der Waals surface area contributed by atoms with Gasteiger partial charge in [0.2, 0.25) is 21.7 Å². The van der Waals surface area contributed by atoms with Crippen molar-refractivity contribution in [1.29, 1.82) is 0 Å². The number of ether oxygens (including phenoxy) is 1. The van der Waals surface area contributed by atoms with Gasteiger partial charge >= 0.3 is 6.09 Å². The summed E-state index contributed by atoms with van der Waals surface area (Å²) in [4.78, 5) is 18.6. The number of hydrogen-bond donors (Lipinski definition) is 0. The van der Waals surface area contributed by atoms with Crippen molar-refractivity contribution in [2.75, 3.05) is 25.9 Å². The predicted molar refractivity (Wildman–Crippen MR) is 128 cm³/mol. The number of aromatic nitrogens is 2. The van der Waals surface area contributed by atoms with E-state index in [1.165, 1.54) is 10.6 Å². The molecule has 0 bridgehead atoms. The van der Waals surface area contributed by atoms with Crippen molar-refractivity contribution < 1.29 is 22.5 Å². The van der Waals surface area contributed by atoms with E-state index in [1.807, 2.05) is 39.0 Å². The Balaban J connectivity index is 1.29. The molecule has 34 heavy (non-hydrogen) atoms. The van der Waals surface area contributed by atoms with E-state index in [1.54, 1.807) is 4.90 Å². The van der Waals surface area contributed by atoms with Gasteiger partial charge in [0.1, 0.15) is 5.60 Å². The smallest absolute Gasteiger partial charge is 0.410 e. The van der Waals surface area contributed by atoms with Gasteiger partial charge in [-0.1, -0.05) is 17.3 Å². The second kappa shape index (κ2) is 9.65. The molecular weight excluding hydrogens is 456 g/mol. The van der Waals surface area contributed by atoms with Gasteiger partial charge in [-0.05, 0) is 69.6 Å². The first-order valence-electron chi connectivity index (χ1n) is 11.9. The number of piperidine rings is 1. The molecule has 9 nitrogen and oxygen atoms in total. The minimum absolute atomic E-state index is 0.235. The highest BCUT2D eigenvalue weighted by Gasteiger charge is 2.27. The van der Waals surface area contributed by atoms with Gasteiger partial charge in [-0.3, -0.25) is 0 Å². The molecule has 0 aliphatic carbocycles. The van der Waals surface area contributed by atoms with Crippen molar-refractivity contribution in [3.05, 3.63) is 35.2 Å². The fraction of sp³-hybridized carbons (Fsp3) is 0.625. The molecule has 1 aromatic heterocycles. The molecule has 0 radical (unpaired) electrons. The van der Waals surface area contributed by atoms with Crippen molar-refractivity contribution in [3.63, 3.8) is 0 Å². The van der Waals surface area contributed by atoms with E-state index in [2.05, 4.69) is 10.1 Å². The molecule has 1 amide bonds. The SMILES string of the molecule is CC(C)(C)OC(=O)N1CCC(CCc2nc(-c3ccc4c(c3)CCN(S(C)(=O)=O)C4)no2)CC1. The molecule has 0 spiro atoms. The highest BCUT2D eigenvalue weighted by molar-refractivity contribution is 7.88. The van der Waals surface area contributed by atoms with E-state index >= 15 is 0 Å². The summed E-state index contributed by atoms with van der Waals surface area (Å²) in [5, 5.41) is 4.16. The highest BCUT2D eigenvalue weighted by atomic mass is 32.2. The lowest BCUT2D eigenvalue weighted by Crippen LogP contribution is -2.41. The molecule has 1 aromatic carbocycles. The summed E-state index contributed by atoms with van der Waals surface area (Å²) in [5.41, 5.74) is 2.55. The van der Waals surface area contributed by atoms with Crippen molar-refractivity contribution in [1.82, 2.24) is 19.3 Å². The zero-order valence-electron chi connectivity index (χ0n) is 20.4. The van der Waals surface area contributed by atoms with Crippen LogP contribution in [0.3, 0.4) is 0 Å². The summed E-state index contributed by atoms with van der Waals surface area (Å²) >= 11 is 0. The molecule has 0 unspecified atom stereocenters. The fourth-order valence-corrected chi connectivity index (χ4v) is 5.28. The number of carbonyl (C=O) groups is 1. The maximum Gasteiger partial charge on any atom is 0.410 e. The number of likely N-dealkylation sites (tertiary alicyclic amines) is 1. The third-order valence-electron chi connectivity index (χ3n) is 6.41. The number of nitrogens with zero attached hydrogens (tertiary/aromatic N) is 4. The molecule has 1 fully saturated rings. The number of hydrogen-bond acceptors (Lipinski definition) is 7. The van der Waals surface area contributed by atoms with Crippen molar-refractivity contribution in [2.45, 2.75) is 65.0 Å². The third-order valence-corrected chi connectivity index (χ3v) is 7.66. The monoisotopic (exact) mass is 490 g/mol. The number of fused-ring (bicyclic) bond motifs is 1. The molecule has 0 atom stereocenters. The normalized spacial score (nSPS) is 18.1. The summed E-state index contributed by atoms with van der Waals surface area (Å²) in [7, 11) is -3.19. The van der Waals surface area contributed by atoms with Gasteiger partial charge in [0.25, 0.3) is 0 Å². The van der Waals surface area contributed by atoms with E-state index in [-0.39, 0.29) is 6.09 Å². The summed E-state index contributed by atoms with van der Waals surface area (Å²) in [6.07, 6.45) is 5.21. The van der Waals surface area contributed by atoms with Crippen LogP contribution in [0.4, 0.5) is 4.79 Å². The standard InChI is InChI=1S/C24H34N4O5S/c1-24(2,3)32-23(29)27-12-9-17(10-13-27)5-8-21-25-22(26-33-21)19-6-7-20-16-28(34(4,30)31)14-11-18(20)15-19/h6-7,15,17H,5,8-14,16H2,1-4H3. The molecule has 2 aliphatic rings. The average Bonchev–Trinajstić information content (AvgIpc) is 3.24. The van der Waals surface area contributed by atoms with Gasteiger partial charge < -0.3 is 14.2 Å². The van der Waals surface area contributed by atoms with Gasteiger partial charge in [-0.25, -0.2) is 13.2 Å². The molecule has 1 saturated heterocycles. The Morgan fingerprint density at radius 3 is 2.59 bits per heavy atom. The van der Waals surface area contributed by atoms with E-state index in [0.29, 0.717) is 56.7 Å².